The molecule has 9 heteroatoms. The molecule has 5 rings (SSSR count). The van der Waals surface area contributed by atoms with Gasteiger partial charge in [-0.05, 0) is 68.1 Å². The summed E-state index contributed by atoms with van der Waals surface area (Å²) in [5, 5.41) is 0.644. The van der Waals surface area contributed by atoms with Crippen molar-refractivity contribution in [3.05, 3.63) is 93.5 Å². The highest BCUT2D eigenvalue weighted by atomic mass is 32.2. The third-order valence-electron chi connectivity index (χ3n) is 6.25. The van der Waals surface area contributed by atoms with E-state index in [4.69, 9.17) is 9.15 Å². The van der Waals surface area contributed by atoms with E-state index in [1.54, 1.807) is 31.2 Å². The number of pyridine rings is 1. The summed E-state index contributed by atoms with van der Waals surface area (Å²) in [6.45, 7) is 3.65. The molecule has 1 saturated carbocycles. The first kappa shape index (κ1) is 23.2. The van der Waals surface area contributed by atoms with Gasteiger partial charge in [-0.2, -0.15) is 0 Å². The van der Waals surface area contributed by atoms with Crippen LogP contribution in [0.1, 0.15) is 36.5 Å². The lowest BCUT2D eigenvalue weighted by Gasteiger charge is -2.14. The van der Waals surface area contributed by atoms with Gasteiger partial charge in [0.2, 0.25) is 0 Å². The number of hydrogen-bond acceptors (Lipinski definition) is 5. The Morgan fingerprint density at radius 3 is 2.71 bits per heavy atom. The first-order valence-corrected chi connectivity index (χ1v) is 12.2. The number of nitrogens with zero attached hydrogens (tertiary/aromatic N) is 1. The van der Waals surface area contributed by atoms with Crippen molar-refractivity contribution in [3.8, 4) is 11.6 Å². The van der Waals surface area contributed by atoms with Crippen LogP contribution in [-0.4, -0.2) is 13.9 Å². The lowest BCUT2D eigenvalue weighted by Crippen LogP contribution is -2.20. The molecule has 0 aliphatic heterocycles. The van der Waals surface area contributed by atoms with Crippen molar-refractivity contribution in [2.75, 3.05) is 4.72 Å². The van der Waals surface area contributed by atoms with Gasteiger partial charge in [-0.15, -0.1) is 0 Å². The number of hydrogen-bond donors (Lipinski definition) is 1. The molecule has 0 amide bonds. The Morgan fingerprint density at radius 1 is 1.17 bits per heavy atom. The smallest absolute Gasteiger partial charge is 0.340 e. The third kappa shape index (κ3) is 4.55. The quantitative estimate of drug-likeness (QED) is 0.328. The average molecular weight is 497 g/mol. The SMILES string of the molecule is Cc1c(Cc2cccc(NS(=O)C3(C)CC3)c2F)c(=O)oc2cc(Oc3ncccc3F)ccc12. The molecule has 1 aliphatic rings. The second-order valence-corrected chi connectivity index (χ2v) is 10.5. The summed E-state index contributed by atoms with van der Waals surface area (Å²) in [5.74, 6) is -1.10. The van der Waals surface area contributed by atoms with Crippen LogP contribution < -0.4 is 15.1 Å². The number of nitrogens with one attached hydrogen (secondary N) is 1. The summed E-state index contributed by atoms with van der Waals surface area (Å²) in [6.07, 6.45) is 3.07. The second-order valence-electron chi connectivity index (χ2n) is 8.82. The molecule has 2 aromatic carbocycles. The van der Waals surface area contributed by atoms with E-state index in [1.165, 1.54) is 30.5 Å². The highest BCUT2D eigenvalue weighted by Gasteiger charge is 2.44. The minimum absolute atomic E-state index is 0.00671. The van der Waals surface area contributed by atoms with Gasteiger partial charge in [-0.3, -0.25) is 0 Å². The predicted molar refractivity (Wildman–Crippen MR) is 130 cm³/mol. The van der Waals surface area contributed by atoms with E-state index in [0.717, 1.165) is 12.8 Å². The maximum Gasteiger partial charge on any atom is 0.340 e. The van der Waals surface area contributed by atoms with E-state index in [2.05, 4.69) is 9.71 Å². The summed E-state index contributed by atoms with van der Waals surface area (Å²) in [7, 11) is -1.40. The third-order valence-corrected chi connectivity index (χ3v) is 7.96. The Hall–Kier alpha value is -3.59. The van der Waals surface area contributed by atoms with Crippen molar-refractivity contribution in [2.24, 2.45) is 0 Å². The number of aromatic nitrogens is 1. The number of ether oxygens (including phenoxy) is 1. The number of aryl methyl sites for hydroxylation is 1. The highest BCUT2D eigenvalue weighted by Crippen LogP contribution is 2.41. The van der Waals surface area contributed by atoms with E-state index in [-0.39, 0.29) is 39.6 Å². The van der Waals surface area contributed by atoms with Crippen molar-refractivity contribution in [1.29, 1.82) is 0 Å². The fourth-order valence-corrected chi connectivity index (χ4v) is 4.85. The van der Waals surface area contributed by atoms with Crippen molar-refractivity contribution < 1.29 is 22.1 Å². The van der Waals surface area contributed by atoms with Gasteiger partial charge >= 0.3 is 5.63 Å². The summed E-state index contributed by atoms with van der Waals surface area (Å²) in [4.78, 5) is 16.7. The van der Waals surface area contributed by atoms with E-state index >= 15 is 4.39 Å². The molecule has 1 N–H and O–H groups in total. The lowest BCUT2D eigenvalue weighted by molar-refractivity contribution is 0.422. The summed E-state index contributed by atoms with van der Waals surface area (Å²) >= 11 is 0. The molecule has 0 bridgehead atoms. The first-order chi connectivity index (χ1) is 16.7. The van der Waals surface area contributed by atoms with Gasteiger partial charge in [0.1, 0.15) is 22.3 Å². The zero-order valence-electron chi connectivity index (χ0n) is 19.1. The van der Waals surface area contributed by atoms with Crippen LogP contribution in [0.3, 0.4) is 0 Å². The molecular weight excluding hydrogens is 474 g/mol. The van der Waals surface area contributed by atoms with Gasteiger partial charge in [-0.25, -0.2) is 22.8 Å². The molecule has 0 spiro atoms. The minimum atomic E-state index is -1.40. The fraction of sp³-hybridized carbons (Fsp3) is 0.231. The molecule has 0 radical (unpaired) electrons. The molecule has 0 saturated heterocycles. The normalized spacial score (nSPS) is 15.1. The summed E-state index contributed by atoms with van der Waals surface area (Å²) < 4.78 is 55.0. The van der Waals surface area contributed by atoms with Gasteiger partial charge in [0.05, 0.1) is 10.4 Å². The monoisotopic (exact) mass is 496 g/mol. The molecule has 1 atom stereocenters. The van der Waals surface area contributed by atoms with Crippen LogP contribution in [0, 0.1) is 18.6 Å². The van der Waals surface area contributed by atoms with E-state index in [1.807, 2.05) is 6.92 Å². The van der Waals surface area contributed by atoms with Gasteiger partial charge in [0, 0.05) is 29.6 Å². The van der Waals surface area contributed by atoms with Crippen LogP contribution in [0.5, 0.6) is 11.6 Å². The van der Waals surface area contributed by atoms with Crippen molar-refractivity contribution >= 4 is 27.6 Å². The van der Waals surface area contributed by atoms with E-state index in [0.29, 0.717) is 16.5 Å². The number of benzene rings is 2. The maximum atomic E-state index is 15.2. The van der Waals surface area contributed by atoms with Crippen LogP contribution >= 0.6 is 0 Å². The molecular formula is C26H22F2N2O4S. The summed E-state index contributed by atoms with van der Waals surface area (Å²) in [6, 6.07) is 12.3. The molecule has 180 valence electrons. The molecule has 2 heterocycles. The first-order valence-electron chi connectivity index (χ1n) is 11.1. The predicted octanol–water partition coefficient (Wildman–Crippen LogP) is 5.79. The molecule has 6 nitrogen and oxygen atoms in total. The van der Waals surface area contributed by atoms with Gasteiger partial charge in [-0.1, -0.05) is 12.1 Å². The topological polar surface area (TPSA) is 81.4 Å². The van der Waals surface area contributed by atoms with Crippen LogP contribution in [0.4, 0.5) is 14.5 Å². The van der Waals surface area contributed by atoms with Crippen LogP contribution in [0.2, 0.25) is 0 Å². The Labute approximate surface area is 202 Å². The maximum absolute atomic E-state index is 15.2. The highest BCUT2D eigenvalue weighted by molar-refractivity contribution is 7.88. The molecule has 2 aromatic heterocycles. The lowest BCUT2D eigenvalue weighted by atomic mass is 9.99. The second kappa shape index (κ2) is 8.88. The largest absolute Gasteiger partial charge is 0.436 e. The number of halogens is 2. The van der Waals surface area contributed by atoms with Gasteiger partial charge < -0.3 is 13.9 Å². The van der Waals surface area contributed by atoms with Crippen molar-refractivity contribution in [1.82, 2.24) is 4.98 Å². The van der Waals surface area contributed by atoms with Gasteiger partial charge in [0.25, 0.3) is 5.88 Å². The Bertz CT molecular complexity index is 1530. The molecule has 1 fully saturated rings. The van der Waals surface area contributed by atoms with E-state index < -0.39 is 28.2 Å². The molecule has 1 unspecified atom stereocenters. The van der Waals surface area contributed by atoms with Crippen LogP contribution in [-0.2, 0) is 17.4 Å². The average Bonchev–Trinajstić information content (AvgIpc) is 3.59. The molecule has 1 aliphatic carbocycles. The minimum Gasteiger partial charge on any atom is -0.436 e. The molecule has 4 aromatic rings. The number of fused-ring (bicyclic) bond motifs is 1. The van der Waals surface area contributed by atoms with E-state index in [9.17, 15) is 13.4 Å². The Kier molecular flexibility index (Phi) is 5.88. The Balaban J connectivity index is 1.44. The zero-order chi connectivity index (χ0) is 24.7. The van der Waals surface area contributed by atoms with Gasteiger partial charge in [0.15, 0.2) is 11.6 Å². The zero-order valence-corrected chi connectivity index (χ0v) is 19.9. The van der Waals surface area contributed by atoms with Crippen LogP contribution in [0.15, 0.2) is 63.9 Å². The summed E-state index contributed by atoms with van der Waals surface area (Å²) in [5.41, 5.74) is 1.03. The fourth-order valence-electron chi connectivity index (χ4n) is 3.77. The standard InChI is InChI=1S/C26H22F2N2O4S/c1-15-18-9-8-17(33-24-20(27)6-4-12-29-24)14-22(18)34-25(31)19(15)13-16-5-3-7-21(23(16)28)30-35(32)26(2)10-11-26/h3-9,12,14,30H,10-11,13H2,1-2H3. The number of anilines is 1. The van der Waals surface area contributed by atoms with Crippen molar-refractivity contribution in [2.45, 2.75) is 37.9 Å². The molecule has 35 heavy (non-hydrogen) atoms. The van der Waals surface area contributed by atoms with Crippen molar-refractivity contribution in [3.63, 3.8) is 0 Å². The Morgan fingerprint density at radius 2 is 1.97 bits per heavy atom. The number of rotatable bonds is 7. The van der Waals surface area contributed by atoms with Crippen LogP contribution in [0.25, 0.3) is 11.0 Å².